The van der Waals surface area contributed by atoms with Gasteiger partial charge in [-0.1, -0.05) is 6.07 Å². The molecule has 0 bridgehead atoms. The Morgan fingerprint density at radius 2 is 2.10 bits per heavy atom. The number of nitrogens with zero attached hydrogens (tertiary/aromatic N) is 4. The molecule has 8 nitrogen and oxygen atoms in total. The molecule has 0 spiro atoms. The molecule has 1 fully saturated rings. The summed E-state index contributed by atoms with van der Waals surface area (Å²) in [5, 5.41) is 1.00. The van der Waals surface area contributed by atoms with Crippen molar-refractivity contribution in [3.8, 4) is 5.75 Å². The summed E-state index contributed by atoms with van der Waals surface area (Å²) in [6.45, 7) is 3.93. The van der Waals surface area contributed by atoms with Gasteiger partial charge in [0.2, 0.25) is 5.91 Å². The van der Waals surface area contributed by atoms with Crippen LogP contribution in [0.5, 0.6) is 5.75 Å². The van der Waals surface area contributed by atoms with Crippen LogP contribution in [0.4, 0.5) is 5.82 Å². The van der Waals surface area contributed by atoms with E-state index in [-0.39, 0.29) is 18.6 Å². The van der Waals surface area contributed by atoms with Gasteiger partial charge in [-0.25, -0.2) is 9.97 Å². The standard InChI is InChI=1S/C22H24N6O2/c1-14-11-17-21(26-14)22(25-13-24-17)27-8-5-15(6-9-27)30-19-4-2-3-18-16(19)7-10-28(18)12-20(23)29/h2-4,7,10-11,13,15,26H,5-6,8-9,12H2,1H3,(H2,23,29). The van der Waals surface area contributed by atoms with Crippen LogP contribution in [0, 0.1) is 6.92 Å². The Labute approximate surface area is 173 Å². The first-order valence-corrected chi connectivity index (χ1v) is 10.2. The molecule has 1 saturated heterocycles. The number of aromatic nitrogens is 4. The normalized spacial score (nSPS) is 15.2. The van der Waals surface area contributed by atoms with Gasteiger partial charge in [-0.05, 0) is 31.2 Å². The highest BCUT2D eigenvalue weighted by Gasteiger charge is 2.24. The number of piperidine rings is 1. The second-order valence-electron chi connectivity index (χ2n) is 7.81. The van der Waals surface area contributed by atoms with E-state index < -0.39 is 0 Å². The van der Waals surface area contributed by atoms with E-state index in [4.69, 9.17) is 10.5 Å². The van der Waals surface area contributed by atoms with Gasteiger partial charge in [-0.2, -0.15) is 0 Å². The molecule has 0 atom stereocenters. The quantitative estimate of drug-likeness (QED) is 0.533. The lowest BCUT2D eigenvalue weighted by molar-refractivity contribution is -0.118. The lowest BCUT2D eigenvalue weighted by atomic mass is 10.1. The molecule has 154 valence electrons. The molecule has 0 saturated carbocycles. The smallest absolute Gasteiger partial charge is 0.237 e. The van der Waals surface area contributed by atoms with Crippen molar-refractivity contribution in [2.24, 2.45) is 5.73 Å². The van der Waals surface area contributed by atoms with Gasteiger partial charge in [0, 0.05) is 43.2 Å². The molecule has 1 aliphatic heterocycles. The third-order valence-electron chi connectivity index (χ3n) is 5.67. The molecule has 5 rings (SSSR count). The number of amides is 1. The molecule has 30 heavy (non-hydrogen) atoms. The first-order valence-electron chi connectivity index (χ1n) is 10.2. The first kappa shape index (κ1) is 18.5. The van der Waals surface area contributed by atoms with E-state index in [1.165, 1.54) is 0 Å². The first-order chi connectivity index (χ1) is 14.6. The molecule has 0 radical (unpaired) electrons. The van der Waals surface area contributed by atoms with Crippen molar-refractivity contribution in [3.05, 3.63) is 48.5 Å². The summed E-state index contributed by atoms with van der Waals surface area (Å²) in [7, 11) is 0. The number of fused-ring (bicyclic) bond motifs is 2. The number of benzene rings is 1. The number of primary amides is 1. The van der Waals surface area contributed by atoms with Crippen LogP contribution < -0.4 is 15.4 Å². The van der Waals surface area contributed by atoms with Gasteiger partial charge in [0.15, 0.2) is 5.82 Å². The second-order valence-corrected chi connectivity index (χ2v) is 7.81. The molecule has 1 aromatic carbocycles. The minimum Gasteiger partial charge on any atom is -0.490 e. The van der Waals surface area contributed by atoms with Gasteiger partial charge in [-0.15, -0.1) is 0 Å². The number of nitrogens with two attached hydrogens (primary N) is 1. The topological polar surface area (TPSA) is 102 Å². The Morgan fingerprint density at radius 3 is 2.90 bits per heavy atom. The zero-order valence-electron chi connectivity index (χ0n) is 16.8. The summed E-state index contributed by atoms with van der Waals surface area (Å²) in [5.74, 6) is 1.44. The van der Waals surface area contributed by atoms with E-state index >= 15 is 0 Å². The molecule has 4 aromatic rings. The van der Waals surface area contributed by atoms with Crippen LogP contribution in [0.2, 0.25) is 0 Å². The fourth-order valence-corrected chi connectivity index (χ4v) is 4.27. The third-order valence-corrected chi connectivity index (χ3v) is 5.67. The highest BCUT2D eigenvalue weighted by atomic mass is 16.5. The molecule has 0 aliphatic carbocycles. The number of rotatable bonds is 5. The summed E-state index contributed by atoms with van der Waals surface area (Å²) < 4.78 is 8.22. The molecular formula is C22H24N6O2. The zero-order valence-corrected chi connectivity index (χ0v) is 16.8. The number of nitrogens with one attached hydrogen (secondary N) is 1. The Hall–Kier alpha value is -3.55. The summed E-state index contributed by atoms with van der Waals surface area (Å²) >= 11 is 0. The number of hydrogen-bond acceptors (Lipinski definition) is 5. The largest absolute Gasteiger partial charge is 0.490 e. The van der Waals surface area contributed by atoms with Gasteiger partial charge < -0.3 is 24.9 Å². The Kier molecular flexibility index (Phi) is 4.54. The third kappa shape index (κ3) is 3.34. The Bertz CT molecular complexity index is 1220. The van der Waals surface area contributed by atoms with Crippen LogP contribution in [0.25, 0.3) is 21.9 Å². The van der Waals surface area contributed by atoms with E-state index in [0.717, 1.165) is 65.1 Å². The Morgan fingerprint density at radius 1 is 1.27 bits per heavy atom. The van der Waals surface area contributed by atoms with E-state index in [2.05, 4.69) is 19.9 Å². The minimum absolute atomic E-state index is 0.133. The molecule has 0 unspecified atom stereocenters. The fraction of sp³-hybridized carbons (Fsp3) is 0.318. The highest BCUT2D eigenvalue weighted by molar-refractivity contribution is 5.88. The van der Waals surface area contributed by atoms with Gasteiger partial charge in [0.25, 0.3) is 0 Å². The predicted octanol–water partition coefficient (Wildman–Crippen LogP) is 2.75. The van der Waals surface area contributed by atoms with Crippen LogP contribution in [0.3, 0.4) is 0 Å². The number of carbonyl (C=O) groups is 1. The fourth-order valence-electron chi connectivity index (χ4n) is 4.27. The number of aryl methyl sites for hydroxylation is 1. The Balaban J connectivity index is 1.31. The summed E-state index contributed by atoms with van der Waals surface area (Å²) in [6, 6.07) is 9.94. The molecule has 3 N–H and O–H groups in total. The average molecular weight is 404 g/mol. The van der Waals surface area contributed by atoms with Crippen LogP contribution in [0.1, 0.15) is 18.5 Å². The number of ether oxygens (including phenoxy) is 1. The van der Waals surface area contributed by atoms with Crippen molar-refractivity contribution in [1.29, 1.82) is 0 Å². The van der Waals surface area contributed by atoms with Crippen molar-refractivity contribution < 1.29 is 9.53 Å². The number of anilines is 1. The van der Waals surface area contributed by atoms with Crippen molar-refractivity contribution in [1.82, 2.24) is 19.5 Å². The van der Waals surface area contributed by atoms with Gasteiger partial charge in [0.1, 0.15) is 30.2 Å². The molecular weight excluding hydrogens is 380 g/mol. The minimum atomic E-state index is -0.359. The molecule has 1 aliphatic rings. The van der Waals surface area contributed by atoms with Crippen molar-refractivity contribution in [2.75, 3.05) is 18.0 Å². The molecule has 4 heterocycles. The molecule has 3 aromatic heterocycles. The lowest BCUT2D eigenvalue weighted by Crippen LogP contribution is -2.38. The maximum atomic E-state index is 11.3. The van der Waals surface area contributed by atoms with E-state index in [0.29, 0.717) is 0 Å². The van der Waals surface area contributed by atoms with Crippen molar-refractivity contribution in [2.45, 2.75) is 32.4 Å². The number of hydrogen-bond donors (Lipinski definition) is 2. The van der Waals surface area contributed by atoms with Crippen molar-refractivity contribution in [3.63, 3.8) is 0 Å². The lowest BCUT2D eigenvalue weighted by Gasteiger charge is -2.33. The SMILES string of the molecule is Cc1cc2ncnc(N3CCC(Oc4cccc5c4ccn5CC(N)=O)CC3)c2[nH]1. The van der Waals surface area contributed by atoms with E-state index in [9.17, 15) is 4.79 Å². The summed E-state index contributed by atoms with van der Waals surface area (Å²) in [4.78, 5) is 25.8. The number of aromatic amines is 1. The van der Waals surface area contributed by atoms with E-state index in [1.807, 2.05) is 48.0 Å². The van der Waals surface area contributed by atoms with Crippen LogP contribution in [-0.4, -0.2) is 44.6 Å². The van der Waals surface area contributed by atoms with Gasteiger partial charge in [-0.3, -0.25) is 4.79 Å². The number of carbonyl (C=O) groups excluding carboxylic acids is 1. The predicted molar refractivity (Wildman–Crippen MR) is 116 cm³/mol. The maximum Gasteiger partial charge on any atom is 0.237 e. The van der Waals surface area contributed by atoms with Crippen LogP contribution >= 0.6 is 0 Å². The maximum absolute atomic E-state index is 11.3. The second kappa shape index (κ2) is 7.37. The number of H-pyrrole nitrogens is 1. The van der Waals surface area contributed by atoms with Gasteiger partial charge >= 0.3 is 0 Å². The van der Waals surface area contributed by atoms with E-state index in [1.54, 1.807) is 6.33 Å². The summed E-state index contributed by atoms with van der Waals surface area (Å²) in [5.41, 5.74) is 9.33. The molecule has 1 amide bonds. The average Bonchev–Trinajstić information content (AvgIpc) is 3.31. The zero-order chi connectivity index (χ0) is 20.7. The highest BCUT2D eigenvalue weighted by Crippen LogP contribution is 2.31. The van der Waals surface area contributed by atoms with Crippen LogP contribution in [-0.2, 0) is 11.3 Å². The van der Waals surface area contributed by atoms with Crippen molar-refractivity contribution >= 4 is 33.7 Å². The monoisotopic (exact) mass is 404 g/mol. The van der Waals surface area contributed by atoms with Gasteiger partial charge in [0.05, 0.1) is 11.0 Å². The molecule has 8 heteroatoms. The van der Waals surface area contributed by atoms with Crippen LogP contribution in [0.15, 0.2) is 42.9 Å². The summed E-state index contributed by atoms with van der Waals surface area (Å²) in [6.07, 6.45) is 5.45.